The van der Waals surface area contributed by atoms with Gasteiger partial charge in [-0.25, -0.2) is 4.57 Å². The van der Waals surface area contributed by atoms with E-state index in [2.05, 4.69) is 74.6 Å². The number of hydrogen-bond donors (Lipinski definition) is 6. The molecule has 0 aromatic rings. The molecule has 0 bridgehead atoms. The first-order valence-corrected chi connectivity index (χ1v) is 24.7. The summed E-state index contributed by atoms with van der Waals surface area (Å²) >= 11 is 0. The Hall–Kier alpha value is -2.49. The second kappa shape index (κ2) is 33.9. The average molecular weight is 899 g/mol. The predicted octanol–water partition coefficient (Wildman–Crippen LogP) is 7.93. The zero-order valence-corrected chi connectivity index (χ0v) is 38.2. The van der Waals surface area contributed by atoms with Gasteiger partial charge in [-0.05, 0) is 77.0 Å². The summed E-state index contributed by atoms with van der Waals surface area (Å²) in [6.07, 6.45) is 28.6. The molecule has 10 atom stereocenters. The van der Waals surface area contributed by atoms with Crippen molar-refractivity contribution in [2.24, 2.45) is 0 Å². The lowest BCUT2D eigenvalue weighted by Gasteiger charge is -2.41. The number of hydrogen-bond acceptors (Lipinski definition) is 13. The molecule has 1 saturated carbocycles. The predicted molar refractivity (Wildman–Crippen MR) is 239 cm³/mol. The van der Waals surface area contributed by atoms with Gasteiger partial charge in [0.15, 0.2) is 6.10 Å². The van der Waals surface area contributed by atoms with Crippen LogP contribution in [0, 0.1) is 0 Å². The zero-order valence-electron chi connectivity index (χ0n) is 37.3. The Kier molecular flexibility index (Phi) is 30.5. The van der Waals surface area contributed by atoms with Crippen molar-refractivity contribution in [2.75, 3.05) is 13.2 Å². The fourth-order valence-electron chi connectivity index (χ4n) is 6.93. The van der Waals surface area contributed by atoms with Crippen molar-refractivity contribution in [1.29, 1.82) is 0 Å². The highest BCUT2D eigenvalue weighted by atomic mass is 31.2. The van der Waals surface area contributed by atoms with Crippen LogP contribution in [0.2, 0.25) is 0 Å². The van der Waals surface area contributed by atoms with Crippen LogP contribution < -0.4 is 0 Å². The molecule has 0 aromatic heterocycles. The fourth-order valence-corrected chi connectivity index (χ4v) is 7.90. The maximum atomic E-state index is 12.8. The summed E-state index contributed by atoms with van der Waals surface area (Å²) in [4.78, 5) is 35.8. The Bertz CT molecular complexity index is 1380. The minimum Gasteiger partial charge on any atom is -0.462 e. The molecule has 6 N–H and O–H groups in total. The number of carbonyl (C=O) groups excluding carboxylic acids is 2. The molecular weight excluding hydrogens is 819 g/mol. The lowest BCUT2D eigenvalue weighted by atomic mass is 9.85. The molecular formula is C47H79O14P. The van der Waals surface area contributed by atoms with Crippen LogP contribution in [0.4, 0.5) is 0 Å². The van der Waals surface area contributed by atoms with Crippen LogP contribution >= 0.6 is 7.82 Å². The summed E-state index contributed by atoms with van der Waals surface area (Å²) in [5.74, 6) is -1.16. The Morgan fingerprint density at radius 3 is 1.74 bits per heavy atom. The van der Waals surface area contributed by atoms with Crippen molar-refractivity contribution in [1.82, 2.24) is 0 Å². The normalized spacial score (nSPS) is 25.7. The number of allylic oxidation sites excluding steroid dienone is 9. The van der Waals surface area contributed by atoms with Crippen LogP contribution in [0.15, 0.2) is 60.8 Å². The van der Waals surface area contributed by atoms with Gasteiger partial charge in [0.2, 0.25) is 0 Å². The van der Waals surface area contributed by atoms with Crippen LogP contribution in [-0.4, -0.2) is 111 Å². The lowest BCUT2D eigenvalue weighted by molar-refractivity contribution is -0.220. The van der Waals surface area contributed by atoms with E-state index in [1.54, 1.807) is 0 Å². The number of epoxide rings is 1. The topological polar surface area (TPSA) is 222 Å². The van der Waals surface area contributed by atoms with E-state index in [0.29, 0.717) is 25.0 Å². The third-order valence-electron chi connectivity index (χ3n) is 10.8. The molecule has 0 amide bonds. The lowest BCUT2D eigenvalue weighted by Crippen LogP contribution is -2.64. The van der Waals surface area contributed by atoms with Crippen molar-refractivity contribution in [3.63, 3.8) is 0 Å². The Morgan fingerprint density at radius 1 is 0.597 bits per heavy atom. The van der Waals surface area contributed by atoms with E-state index in [0.717, 1.165) is 96.3 Å². The van der Waals surface area contributed by atoms with Crippen LogP contribution in [0.3, 0.4) is 0 Å². The molecule has 15 heteroatoms. The molecule has 5 unspecified atom stereocenters. The zero-order chi connectivity index (χ0) is 45.4. The minimum atomic E-state index is -5.14. The monoisotopic (exact) mass is 899 g/mol. The van der Waals surface area contributed by atoms with E-state index < -0.39 is 75.7 Å². The number of esters is 2. The highest BCUT2D eigenvalue weighted by molar-refractivity contribution is 7.47. The van der Waals surface area contributed by atoms with Crippen LogP contribution in [0.1, 0.15) is 155 Å². The van der Waals surface area contributed by atoms with Crippen LogP contribution in [-0.2, 0) is 37.4 Å². The maximum absolute atomic E-state index is 12.8. The first kappa shape index (κ1) is 55.6. The van der Waals surface area contributed by atoms with Gasteiger partial charge in [0.25, 0.3) is 0 Å². The summed E-state index contributed by atoms with van der Waals surface area (Å²) in [6.45, 7) is 3.10. The summed E-state index contributed by atoms with van der Waals surface area (Å²) in [5.41, 5.74) is 0. The Balaban J connectivity index is 1.72. The third kappa shape index (κ3) is 25.7. The average Bonchev–Trinajstić information content (AvgIpc) is 4.01. The van der Waals surface area contributed by atoms with Gasteiger partial charge < -0.3 is 44.6 Å². The van der Waals surface area contributed by atoms with E-state index in [9.17, 15) is 44.6 Å². The molecule has 1 aliphatic carbocycles. The number of phosphoric ester groups is 1. The number of carbonyl (C=O) groups is 2. The largest absolute Gasteiger partial charge is 0.472 e. The quantitative estimate of drug-likeness (QED) is 0.0116. The highest BCUT2D eigenvalue weighted by Gasteiger charge is 2.51. The third-order valence-corrected chi connectivity index (χ3v) is 11.8. The van der Waals surface area contributed by atoms with E-state index in [-0.39, 0.29) is 12.8 Å². The smallest absolute Gasteiger partial charge is 0.462 e. The van der Waals surface area contributed by atoms with Gasteiger partial charge in [-0.2, -0.15) is 0 Å². The number of aliphatic hydroxyl groups is 5. The second-order valence-corrected chi connectivity index (χ2v) is 17.7. The SMILES string of the molecule is CC/C=C\C/C=C\C/C=C\C/C=C\CCCCCCC(=O)O[C@H](COC(=O)CCCCCCCC1OC1C/C=C\CCCCC)COP(=O)(O)OC1[C@H](O)[C@H](O)C(O)[C@H](O)[C@H]1O. The van der Waals surface area contributed by atoms with Crippen molar-refractivity contribution in [3.05, 3.63) is 60.8 Å². The second-order valence-electron chi connectivity index (χ2n) is 16.3. The minimum absolute atomic E-state index is 0.0595. The highest BCUT2D eigenvalue weighted by Crippen LogP contribution is 2.47. The van der Waals surface area contributed by atoms with Crippen molar-refractivity contribution in [2.45, 2.75) is 210 Å². The van der Waals surface area contributed by atoms with Gasteiger partial charge in [-0.15, -0.1) is 0 Å². The molecule has 2 aliphatic rings. The van der Waals surface area contributed by atoms with Gasteiger partial charge in [0, 0.05) is 12.8 Å². The first-order valence-electron chi connectivity index (χ1n) is 23.2. The number of aliphatic hydroxyl groups excluding tert-OH is 5. The number of rotatable bonds is 36. The van der Waals surface area contributed by atoms with Gasteiger partial charge in [-0.3, -0.25) is 18.6 Å². The number of ether oxygens (including phenoxy) is 3. The van der Waals surface area contributed by atoms with E-state index in [4.69, 9.17) is 23.3 Å². The Morgan fingerprint density at radius 2 is 1.11 bits per heavy atom. The van der Waals surface area contributed by atoms with E-state index in [1.807, 2.05) is 0 Å². The van der Waals surface area contributed by atoms with Crippen molar-refractivity contribution >= 4 is 19.8 Å². The molecule has 2 fully saturated rings. The number of unbranched alkanes of at least 4 members (excludes halogenated alkanes) is 11. The van der Waals surface area contributed by atoms with Crippen molar-refractivity contribution < 1.29 is 67.8 Å². The molecule has 0 spiro atoms. The maximum Gasteiger partial charge on any atom is 0.472 e. The van der Waals surface area contributed by atoms with E-state index in [1.165, 1.54) is 19.3 Å². The fraction of sp³-hybridized carbons (Fsp3) is 0.745. The Labute approximate surface area is 370 Å². The summed E-state index contributed by atoms with van der Waals surface area (Å²) in [5, 5.41) is 50.2. The number of phosphoric acid groups is 1. The van der Waals surface area contributed by atoms with Gasteiger partial charge >= 0.3 is 19.8 Å². The van der Waals surface area contributed by atoms with Crippen molar-refractivity contribution in [3.8, 4) is 0 Å². The molecule has 14 nitrogen and oxygen atoms in total. The summed E-state index contributed by atoms with van der Waals surface area (Å²) in [7, 11) is -5.14. The molecule has 0 aromatic carbocycles. The molecule has 1 saturated heterocycles. The molecule has 1 heterocycles. The molecule has 2 rings (SSSR count). The van der Waals surface area contributed by atoms with Crippen LogP contribution in [0.5, 0.6) is 0 Å². The van der Waals surface area contributed by atoms with Gasteiger partial charge in [0.05, 0.1) is 18.8 Å². The van der Waals surface area contributed by atoms with Crippen LogP contribution in [0.25, 0.3) is 0 Å². The summed E-state index contributed by atoms with van der Waals surface area (Å²) < 4.78 is 39.3. The van der Waals surface area contributed by atoms with Gasteiger partial charge in [0.1, 0.15) is 43.2 Å². The standard InChI is InChI=1S/C47H79O14P/c1-3-5-7-9-11-12-13-14-15-16-17-18-19-20-21-25-30-34-41(49)59-37(36-58-62(55,56)61-47-45(53)43(51)42(50)44(52)46(47)54)35-57-40(48)33-29-26-22-24-28-32-39-38(60-39)31-27-23-10-8-6-4-2/h5,7,11-12,14-15,17-18,23,27,37-39,42-47,50-54H,3-4,6,8-10,13,16,19-22,24-26,28-36H2,1-2H3,(H,55,56)/b7-5-,12-11-,15-14-,18-17-,27-23-/t37-,38?,39?,42?,43-,44+,45-,46-,47?/m1/s1. The molecule has 0 radical (unpaired) electrons. The first-order chi connectivity index (χ1) is 29.9. The molecule has 62 heavy (non-hydrogen) atoms. The van der Waals surface area contributed by atoms with Gasteiger partial charge in [-0.1, -0.05) is 126 Å². The molecule has 1 aliphatic heterocycles. The molecule has 356 valence electrons. The summed E-state index contributed by atoms with van der Waals surface area (Å²) in [6, 6.07) is 0. The van der Waals surface area contributed by atoms with E-state index >= 15 is 0 Å².